The zero-order valence-electron chi connectivity index (χ0n) is 7.72. The fraction of sp³-hybridized carbons (Fsp3) is 0.125. The molecule has 6 nitrogen and oxygen atoms in total. The summed E-state index contributed by atoms with van der Waals surface area (Å²) in [6, 6.07) is 3.00. The summed E-state index contributed by atoms with van der Waals surface area (Å²) in [6.45, 7) is 0.831. The van der Waals surface area contributed by atoms with Gasteiger partial charge >= 0.3 is 5.97 Å². The second kappa shape index (κ2) is 3.25. The predicted octanol–water partition coefficient (Wildman–Crippen LogP) is 1.10. The molecule has 2 aromatic rings. The average Bonchev–Trinajstić information content (AvgIpc) is 2.56. The minimum atomic E-state index is -4.06. The van der Waals surface area contributed by atoms with E-state index in [1.807, 2.05) is 0 Å². The zero-order chi connectivity index (χ0) is 11.1. The molecule has 0 aliphatic heterocycles. The summed E-state index contributed by atoms with van der Waals surface area (Å²) < 4.78 is 19.9. The van der Waals surface area contributed by atoms with Gasteiger partial charge in [-0.1, -0.05) is 0 Å². The first-order chi connectivity index (χ1) is 6.96. The first-order valence-electron chi connectivity index (χ1n) is 4.04. The molecule has 0 saturated heterocycles. The van der Waals surface area contributed by atoms with E-state index in [4.69, 9.17) is 4.42 Å². The summed E-state index contributed by atoms with van der Waals surface area (Å²) in [4.78, 5) is 24.6. The minimum Gasteiger partial charge on any atom is -0.769 e. The van der Waals surface area contributed by atoms with Crippen LogP contribution in [0.4, 0.5) is 0 Å². The molecule has 80 valence electrons. The Morgan fingerprint density at radius 2 is 2.40 bits per heavy atom. The lowest BCUT2D eigenvalue weighted by molar-refractivity contribution is -0.191. The van der Waals surface area contributed by atoms with Crippen molar-refractivity contribution in [1.82, 2.24) is 4.98 Å². The number of H-pyrrole nitrogens is 1. The van der Waals surface area contributed by atoms with Gasteiger partial charge in [-0.25, -0.2) is 4.79 Å². The van der Waals surface area contributed by atoms with Gasteiger partial charge in [-0.15, -0.1) is 0 Å². The van der Waals surface area contributed by atoms with Crippen LogP contribution in [-0.2, 0) is 9.09 Å². The van der Waals surface area contributed by atoms with E-state index in [1.54, 1.807) is 6.07 Å². The molecule has 1 N–H and O–H groups in total. The highest BCUT2D eigenvalue weighted by atomic mass is 31.2. The number of nitrogens with one attached hydrogen (secondary N) is 1. The van der Waals surface area contributed by atoms with Gasteiger partial charge in [0.15, 0.2) is 13.2 Å². The minimum absolute atomic E-state index is 0.0438. The Labute approximate surface area is 84.4 Å². The Morgan fingerprint density at radius 3 is 3.00 bits per heavy atom. The van der Waals surface area contributed by atoms with Crippen LogP contribution >= 0.6 is 7.60 Å². The maximum Gasteiger partial charge on any atom is 0.359 e. The van der Waals surface area contributed by atoms with Crippen molar-refractivity contribution in [1.29, 1.82) is 0 Å². The SMILES string of the molecule is CP(=O)([O-])OC(=O)c1cc2occc2[nH]1. The molecular weight excluding hydrogens is 221 g/mol. The van der Waals surface area contributed by atoms with E-state index in [-0.39, 0.29) is 5.69 Å². The molecule has 0 aliphatic rings. The maximum atomic E-state index is 11.3. The van der Waals surface area contributed by atoms with Crippen molar-refractivity contribution in [3.63, 3.8) is 0 Å². The van der Waals surface area contributed by atoms with Crippen molar-refractivity contribution in [2.75, 3.05) is 6.66 Å². The van der Waals surface area contributed by atoms with E-state index < -0.39 is 13.6 Å². The lowest BCUT2D eigenvalue weighted by Crippen LogP contribution is -2.10. The number of hydrogen-bond acceptors (Lipinski definition) is 5. The van der Waals surface area contributed by atoms with Gasteiger partial charge in [0.2, 0.25) is 0 Å². The molecule has 0 saturated carbocycles. The normalized spacial score (nSPS) is 15.1. The number of aromatic amines is 1. The van der Waals surface area contributed by atoms with Crippen LogP contribution in [0.25, 0.3) is 11.1 Å². The van der Waals surface area contributed by atoms with Crippen LogP contribution in [0.3, 0.4) is 0 Å². The fourth-order valence-corrected chi connectivity index (χ4v) is 1.56. The van der Waals surface area contributed by atoms with Gasteiger partial charge in [-0.05, 0) is 0 Å². The zero-order valence-corrected chi connectivity index (χ0v) is 8.61. The molecule has 2 aromatic heterocycles. The molecule has 0 radical (unpaired) electrons. The van der Waals surface area contributed by atoms with Crippen LogP contribution < -0.4 is 4.89 Å². The highest BCUT2D eigenvalue weighted by Crippen LogP contribution is 2.32. The molecule has 1 unspecified atom stereocenters. The molecule has 2 rings (SSSR count). The van der Waals surface area contributed by atoms with Crippen molar-refractivity contribution in [3.8, 4) is 0 Å². The van der Waals surface area contributed by atoms with E-state index in [0.717, 1.165) is 6.66 Å². The number of rotatable bonds is 2. The summed E-state index contributed by atoms with van der Waals surface area (Å²) in [5, 5.41) is 0. The molecule has 0 bridgehead atoms. The Morgan fingerprint density at radius 1 is 1.67 bits per heavy atom. The fourth-order valence-electron chi connectivity index (χ4n) is 1.16. The molecule has 0 aliphatic carbocycles. The largest absolute Gasteiger partial charge is 0.769 e. The summed E-state index contributed by atoms with van der Waals surface area (Å²) >= 11 is 0. The standard InChI is InChI=1S/C8H8NO5P/c1-15(11,12)14-8(10)6-4-7-5(9-6)2-3-13-7/h2-4,9H,1H3,(H,11,12)/p-1. The van der Waals surface area contributed by atoms with Crippen LogP contribution in [0.5, 0.6) is 0 Å². The van der Waals surface area contributed by atoms with Gasteiger partial charge in [0, 0.05) is 18.8 Å². The quantitative estimate of drug-likeness (QED) is 0.776. The third-order valence-electron chi connectivity index (χ3n) is 1.71. The molecule has 2 heterocycles. The van der Waals surface area contributed by atoms with Crippen molar-refractivity contribution >= 4 is 24.7 Å². The first kappa shape index (κ1) is 10.0. The molecular formula is C8H7NO5P-. The Bertz CT molecular complexity index is 520. The topological polar surface area (TPSA) is 95.4 Å². The molecule has 0 aromatic carbocycles. The Kier molecular flexibility index (Phi) is 2.17. The summed E-state index contributed by atoms with van der Waals surface area (Å²) in [6.07, 6.45) is 1.45. The average molecular weight is 228 g/mol. The van der Waals surface area contributed by atoms with Crippen LogP contribution in [0.15, 0.2) is 22.8 Å². The molecule has 1 atom stereocenters. The number of aromatic nitrogens is 1. The highest BCUT2D eigenvalue weighted by molar-refractivity contribution is 7.51. The number of carbonyl (C=O) groups excluding carboxylic acids is 1. The van der Waals surface area contributed by atoms with E-state index in [2.05, 4.69) is 9.51 Å². The van der Waals surface area contributed by atoms with Gasteiger partial charge in [-0.3, -0.25) is 4.57 Å². The van der Waals surface area contributed by atoms with Crippen LogP contribution in [0.2, 0.25) is 0 Å². The molecule has 15 heavy (non-hydrogen) atoms. The molecule has 7 heteroatoms. The second-order valence-electron chi connectivity index (χ2n) is 3.03. The summed E-state index contributed by atoms with van der Waals surface area (Å²) in [7, 11) is -4.06. The Hall–Kier alpha value is -1.52. The van der Waals surface area contributed by atoms with E-state index >= 15 is 0 Å². The van der Waals surface area contributed by atoms with Crippen LogP contribution in [-0.4, -0.2) is 17.6 Å². The monoisotopic (exact) mass is 228 g/mol. The van der Waals surface area contributed by atoms with Crippen LogP contribution in [0.1, 0.15) is 10.5 Å². The van der Waals surface area contributed by atoms with E-state index in [9.17, 15) is 14.3 Å². The van der Waals surface area contributed by atoms with Gasteiger partial charge in [-0.2, -0.15) is 0 Å². The third-order valence-corrected chi connectivity index (χ3v) is 2.21. The lowest BCUT2D eigenvalue weighted by Gasteiger charge is -2.16. The third kappa shape index (κ3) is 2.11. The van der Waals surface area contributed by atoms with Gasteiger partial charge < -0.3 is 18.8 Å². The molecule has 0 spiro atoms. The predicted molar refractivity (Wildman–Crippen MR) is 49.5 cm³/mol. The van der Waals surface area contributed by atoms with E-state index in [1.165, 1.54) is 12.3 Å². The van der Waals surface area contributed by atoms with Crippen molar-refractivity contribution < 1.29 is 23.2 Å². The van der Waals surface area contributed by atoms with Gasteiger partial charge in [0.1, 0.15) is 5.69 Å². The smallest absolute Gasteiger partial charge is 0.359 e. The number of carbonyl (C=O) groups is 1. The lowest BCUT2D eigenvalue weighted by atomic mass is 10.4. The highest BCUT2D eigenvalue weighted by Gasteiger charge is 2.15. The van der Waals surface area contributed by atoms with Gasteiger partial charge in [0.05, 0.1) is 11.8 Å². The number of fused-ring (bicyclic) bond motifs is 1. The molecule has 0 amide bonds. The van der Waals surface area contributed by atoms with Crippen LogP contribution in [0, 0.1) is 0 Å². The van der Waals surface area contributed by atoms with Crippen molar-refractivity contribution in [2.24, 2.45) is 0 Å². The van der Waals surface area contributed by atoms with Crippen molar-refractivity contribution in [3.05, 3.63) is 24.1 Å². The molecule has 0 fully saturated rings. The van der Waals surface area contributed by atoms with E-state index in [0.29, 0.717) is 11.1 Å². The Balaban J connectivity index is 2.28. The van der Waals surface area contributed by atoms with Crippen molar-refractivity contribution in [2.45, 2.75) is 0 Å². The summed E-state index contributed by atoms with van der Waals surface area (Å²) in [5.74, 6) is -0.942. The first-order valence-corrected chi connectivity index (χ1v) is 6.03. The number of hydrogen-bond donors (Lipinski definition) is 1. The van der Waals surface area contributed by atoms with Gasteiger partial charge in [0.25, 0.3) is 0 Å². The maximum absolute atomic E-state index is 11.3. The second-order valence-corrected chi connectivity index (χ2v) is 4.76. The summed E-state index contributed by atoms with van der Waals surface area (Å²) in [5.41, 5.74) is 1.12. The number of furan rings is 1.